The quantitative estimate of drug-likeness (QED) is 0.483. The molecule has 0 aliphatic rings. The summed E-state index contributed by atoms with van der Waals surface area (Å²) >= 11 is 5.32. The van der Waals surface area contributed by atoms with E-state index >= 15 is 0 Å². The molecular formula is C19H20N4O4S. The minimum atomic E-state index is 0.355. The van der Waals surface area contributed by atoms with Gasteiger partial charge >= 0.3 is 0 Å². The average molecular weight is 400 g/mol. The maximum absolute atomic E-state index is 5.41. The van der Waals surface area contributed by atoms with Gasteiger partial charge in [-0.2, -0.15) is 14.9 Å². The summed E-state index contributed by atoms with van der Waals surface area (Å²) in [5.41, 5.74) is 1.59. The maximum atomic E-state index is 5.41. The highest BCUT2D eigenvalue weighted by molar-refractivity contribution is 7.71. The number of rotatable bonds is 7. The van der Waals surface area contributed by atoms with Crippen molar-refractivity contribution in [1.29, 1.82) is 0 Å². The van der Waals surface area contributed by atoms with Crippen LogP contribution in [0.15, 0.2) is 41.5 Å². The summed E-state index contributed by atoms with van der Waals surface area (Å²) < 4.78 is 23.2. The molecule has 0 radical (unpaired) electrons. The molecule has 1 aromatic heterocycles. The molecule has 146 valence electrons. The normalized spacial score (nSPS) is 10.9. The lowest BCUT2D eigenvalue weighted by Gasteiger charge is -2.13. The molecule has 0 spiro atoms. The van der Waals surface area contributed by atoms with Gasteiger partial charge in [-0.05, 0) is 54.2 Å². The minimum Gasteiger partial charge on any atom is -0.497 e. The van der Waals surface area contributed by atoms with Crippen molar-refractivity contribution in [3.05, 3.63) is 46.7 Å². The van der Waals surface area contributed by atoms with E-state index < -0.39 is 0 Å². The zero-order valence-corrected chi connectivity index (χ0v) is 16.7. The first-order chi connectivity index (χ1) is 13.6. The van der Waals surface area contributed by atoms with Gasteiger partial charge in [-0.15, -0.1) is 0 Å². The third kappa shape index (κ3) is 3.84. The van der Waals surface area contributed by atoms with Crippen molar-refractivity contribution < 1.29 is 18.9 Å². The van der Waals surface area contributed by atoms with E-state index in [2.05, 4.69) is 15.3 Å². The Bertz CT molecular complexity index is 1020. The van der Waals surface area contributed by atoms with Gasteiger partial charge < -0.3 is 18.9 Å². The fourth-order valence-electron chi connectivity index (χ4n) is 2.61. The summed E-state index contributed by atoms with van der Waals surface area (Å²) in [5.74, 6) is 2.80. The molecule has 0 aliphatic carbocycles. The monoisotopic (exact) mass is 400 g/mol. The minimum absolute atomic E-state index is 0.355. The van der Waals surface area contributed by atoms with E-state index in [-0.39, 0.29) is 0 Å². The molecule has 0 saturated carbocycles. The van der Waals surface area contributed by atoms with Crippen LogP contribution in [0.1, 0.15) is 5.56 Å². The first kappa shape index (κ1) is 19.4. The summed E-state index contributed by atoms with van der Waals surface area (Å²) in [5, 5.41) is 11.5. The molecule has 3 rings (SSSR count). The highest BCUT2D eigenvalue weighted by atomic mass is 32.1. The summed E-state index contributed by atoms with van der Waals surface area (Å²) in [6, 6.07) is 11.1. The van der Waals surface area contributed by atoms with Gasteiger partial charge in [0.15, 0.2) is 17.3 Å². The molecule has 0 amide bonds. The summed E-state index contributed by atoms with van der Waals surface area (Å²) in [6.07, 6.45) is 1.69. The number of aromatic amines is 1. The zero-order valence-electron chi connectivity index (χ0n) is 15.9. The number of ether oxygens (including phenoxy) is 4. The highest BCUT2D eigenvalue weighted by Crippen LogP contribution is 2.40. The van der Waals surface area contributed by atoms with Crippen LogP contribution in [0.3, 0.4) is 0 Å². The zero-order chi connectivity index (χ0) is 20.1. The van der Waals surface area contributed by atoms with Crippen LogP contribution in [0.5, 0.6) is 23.0 Å². The molecule has 9 heteroatoms. The highest BCUT2D eigenvalue weighted by Gasteiger charge is 2.17. The van der Waals surface area contributed by atoms with E-state index in [0.717, 1.165) is 11.3 Å². The van der Waals surface area contributed by atoms with Gasteiger partial charge in [-0.25, -0.2) is 5.10 Å². The predicted octanol–water partition coefficient (Wildman–Crippen LogP) is 3.52. The van der Waals surface area contributed by atoms with Crippen molar-refractivity contribution in [2.24, 2.45) is 5.10 Å². The van der Waals surface area contributed by atoms with Crippen molar-refractivity contribution >= 4 is 18.4 Å². The molecule has 0 unspecified atom stereocenters. The number of hydrogen-bond acceptors (Lipinski definition) is 7. The summed E-state index contributed by atoms with van der Waals surface area (Å²) in [6.45, 7) is 0. The van der Waals surface area contributed by atoms with Crippen molar-refractivity contribution in [3.8, 4) is 34.4 Å². The fraction of sp³-hybridized carbons (Fsp3) is 0.211. The molecule has 0 aliphatic heterocycles. The second-order valence-electron chi connectivity index (χ2n) is 5.60. The summed E-state index contributed by atoms with van der Waals surface area (Å²) in [4.78, 5) is 0. The van der Waals surface area contributed by atoms with Crippen LogP contribution in [0.2, 0.25) is 0 Å². The Balaban J connectivity index is 2.03. The third-order valence-corrected chi connectivity index (χ3v) is 4.28. The van der Waals surface area contributed by atoms with Crippen LogP contribution in [0, 0.1) is 4.77 Å². The van der Waals surface area contributed by atoms with Crippen molar-refractivity contribution in [2.45, 2.75) is 0 Å². The number of hydrogen-bond donors (Lipinski definition) is 1. The molecule has 0 atom stereocenters. The van der Waals surface area contributed by atoms with Crippen LogP contribution in [-0.2, 0) is 0 Å². The van der Waals surface area contributed by atoms with Crippen molar-refractivity contribution in [3.63, 3.8) is 0 Å². The first-order valence-electron chi connectivity index (χ1n) is 8.27. The lowest BCUT2D eigenvalue weighted by atomic mass is 10.1. The van der Waals surface area contributed by atoms with Gasteiger partial charge in [0.25, 0.3) is 0 Å². The molecule has 3 aromatic rings. The smallest absolute Gasteiger partial charge is 0.216 e. The third-order valence-electron chi connectivity index (χ3n) is 4.01. The summed E-state index contributed by atoms with van der Waals surface area (Å²) in [7, 11) is 6.28. The van der Waals surface area contributed by atoms with Crippen LogP contribution < -0.4 is 18.9 Å². The van der Waals surface area contributed by atoms with Crippen molar-refractivity contribution in [2.75, 3.05) is 28.4 Å². The number of H-pyrrole nitrogens is 1. The predicted molar refractivity (Wildman–Crippen MR) is 108 cm³/mol. The van der Waals surface area contributed by atoms with Gasteiger partial charge in [0.2, 0.25) is 10.5 Å². The van der Waals surface area contributed by atoms with Crippen LogP contribution in [0.25, 0.3) is 11.4 Å². The topological polar surface area (TPSA) is 82.9 Å². The van der Waals surface area contributed by atoms with Crippen LogP contribution >= 0.6 is 12.2 Å². The molecule has 0 fully saturated rings. The second kappa shape index (κ2) is 8.57. The van der Waals surface area contributed by atoms with Crippen molar-refractivity contribution in [1.82, 2.24) is 14.9 Å². The number of aromatic nitrogens is 3. The lowest BCUT2D eigenvalue weighted by molar-refractivity contribution is 0.324. The SMILES string of the molecule is COc1ccc(/C=N\n2c(-c3cc(OC)c(OC)c(OC)c3)n[nH]c2=S)cc1. The Morgan fingerprint density at radius 2 is 1.61 bits per heavy atom. The number of nitrogens with one attached hydrogen (secondary N) is 1. The molecule has 1 N–H and O–H groups in total. The fourth-order valence-corrected chi connectivity index (χ4v) is 2.79. The Labute approximate surface area is 167 Å². The Kier molecular flexibility index (Phi) is 5.95. The van der Waals surface area contributed by atoms with E-state index in [1.807, 2.05) is 24.3 Å². The van der Waals surface area contributed by atoms with Gasteiger partial charge in [0.1, 0.15) is 5.75 Å². The Morgan fingerprint density at radius 3 is 2.14 bits per heavy atom. The van der Waals surface area contributed by atoms with E-state index in [1.54, 1.807) is 46.8 Å². The Hall–Kier alpha value is -3.33. The molecule has 0 bridgehead atoms. The standard InChI is InChI=1S/C19H20N4O4S/c1-24-14-7-5-12(6-8-14)11-20-23-18(21-22-19(23)28)13-9-15(25-2)17(27-4)16(10-13)26-3/h5-11H,1-4H3,(H,22,28)/b20-11-. The number of nitrogens with zero attached hydrogens (tertiary/aromatic N) is 3. The van der Waals surface area contributed by atoms with Crippen LogP contribution in [-0.4, -0.2) is 49.5 Å². The molecule has 8 nitrogen and oxygen atoms in total. The van der Waals surface area contributed by atoms with E-state index in [0.29, 0.717) is 33.4 Å². The lowest BCUT2D eigenvalue weighted by Crippen LogP contribution is -1.99. The molecule has 28 heavy (non-hydrogen) atoms. The molecule has 1 heterocycles. The van der Waals surface area contributed by atoms with E-state index in [4.69, 9.17) is 31.2 Å². The molecular weight excluding hydrogens is 380 g/mol. The van der Waals surface area contributed by atoms with Gasteiger partial charge in [-0.1, -0.05) is 0 Å². The van der Waals surface area contributed by atoms with Gasteiger partial charge in [-0.3, -0.25) is 0 Å². The van der Waals surface area contributed by atoms with E-state index in [9.17, 15) is 0 Å². The number of benzene rings is 2. The second-order valence-corrected chi connectivity index (χ2v) is 5.98. The maximum Gasteiger partial charge on any atom is 0.216 e. The van der Waals surface area contributed by atoms with Gasteiger partial charge in [0.05, 0.1) is 34.7 Å². The largest absolute Gasteiger partial charge is 0.497 e. The number of methoxy groups -OCH3 is 4. The van der Waals surface area contributed by atoms with Crippen LogP contribution in [0.4, 0.5) is 0 Å². The molecule has 2 aromatic carbocycles. The van der Waals surface area contributed by atoms with Gasteiger partial charge in [0, 0.05) is 5.56 Å². The Morgan fingerprint density at radius 1 is 0.964 bits per heavy atom. The molecule has 0 saturated heterocycles. The average Bonchev–Trinajstić information content (AvgIpc) is 3.11. The first-order valence-corrected chi connectivity index (χ1v) is 8.68. The van der Waals surface area contributed by atoms with E-state index in [1.165, 1.54) is 4.68 Å².